The van der Waals surface area contributed by atoms with E-state index in [1.54, 1.807) is 6.07 Å². The standard InChI is InChI=1S/C12H15BrClNO3S/c1-2-3-4-7-15-12(16)9-5-6-10(13)11(8-9)19(14,17)18/h5-6,8H,2-4,7H2,1H3,(H,15,16). The Morgan fingerprint density at radius 2 is 2.05 bits per heavy atom. The van der Waals surface area contributed by atoms with Gasteiger partial charge in [0.15, 0.2) is 0 Å². The van der Waals surface area contributed by atoms with Gasteiger partial charge in [-0.1, -0.05) is 19.8 Å². The lowest BCUT2D eigenvalue weighted by molar-refractivity contribution is 0.0952. The minimum Gasteiger partial charge on any atom is -0.352 e. The Bertz CT molecular complexity index is 560. The molecule has 4 nitrogen and oxygen atoms in total. The van der Waals surface area contributed by atoms with Crippen LogP contribution in [0.2, 0.25) is 0 Å². The Morgan fingerprint density at radius 3 is 2.63 bits per heavy atom. The molecule has 0 fully saturated rings. The first-order chi connectivity index (χ1) is 8.86. The lowest BCUT2D eigenvalue weighted by Crippen LogP contribution is -2.24. The van der Waals surface area contributed by atoms with Crippen molar-refractivity contribution in [3.05, 3.63) is 28.2 Å². The van der Waals surface area contributed by atoms with Crippen molar-refractivity contribution in [2.75, 3.05) is 6.54 Å². The summed E-state index contributed by atoms with van der Waals surface area (Å²) in [6, 6.07) is 4.31. The lowest BCUT2D eigenvalue weighted by Gasteiger charge is -2.07. The van der Waals surface area contributed by atoms with E-state index in [1.807, 2.05) is 0 Å². The molecule has 0 aromatic heterocycles. The summed E-state index contributed by atoms with van der Waals surface area (Å²) in [6.45, 7) is 2.65. The van der Waals surface area contributed by atoms with Gasteiger partial charge in [0, 0.05) is 27.3 Å². The number of rotatable bonds is 6. The number of hydrogen-bond donors (Lipinski definition) is 1. The van der Waals surface area contributed by atoms with Gasteiger partial charge in [-0.05, 0) is 40.5 Å². The Kier molecular flexibility index (Phi) is 6.29. The molecular weight excluding hydrogens is 354 g/mol. The second-order valence-corrected chi connectivity index (χ2v) is 7.43. The molecule has 1 amide bonds. The highest BCUT2D eigenvalue weighted by Gasteiger charge is 2.17. The van der Waals surface area contributed by atoms with Gasteiger partial charge in [0.25, 0.3) is 15.0 Å². The zero-order valence-electron chi connectivity index (χ0n) is 10.4. The minimum atomic E-state index is -3.87. The zero-order valence-corrected chi connectivity index (χ0v) is 13.6. The van der Waals surface area contributed by atoms with E-state index in [2.05, 4.69) is 28.2 Å². The summed E-state index contributed by atoms with van der Waals surface area (Å²) in [5.41, 5.74) is 0.277. The normalized spacial score (nSPS) is 11.3. The van der Waals surface area contributed by atoms with E-state index in [0.717, 1.165) is 19.3 Å². The maximum atomic E-state index is 11.8. The van der Waals surface area contributed by atoms with Crippen LogP contribution in [0.4, 0.5) is 0 Å². The Hall–Kier alpha value is -0.590. The van der Waals surface area contributed by atoms with E-state index < -0.39 is 9.05 Å². The van der Waals surface area contributed by atoms with Crippen LogP contribution in [0.3, 0.4) is 0 Å². The molecule has 0 saturated carbocycles. The molecule has 0 bridgehead atoms. The first kappa shape index (κ1) is 16.5. The van der Waals surface area contributed by atoms with Crippen LogP contribution in [0.25, 0.3) is 0 Å². The fraction of sp³-hybridized carbons (Fsp3) is 0.417. The molecule has 0 saturated heterocycles. The van der Waals surface area contributed by atoms with E-state index >= 15 is 0 Å². The maximum Gasteiger partial charge on any atom is 0.262 e. The summed E-state index contributed by atoms with van der Waals surface area (Å²) in [5, 5.41) is 2.74. The molecule has 1 aromatic rings. The molecular formula is C12H15BrClNO3S. The van der Waals surface area contributed by atoms with Crippen molar-refractivity contribution in [2.24, 2.45) is 0 Å². The fourth-order valence-corrected chi connectivity index (χ4v) is 3.63. The number of carbonyl (C=O) groups is 1. The monoisotopic (exact) mass is 367 g/mol. The molecule has 1 rings (SSSR count). The van der Waals surface area contributed by atoms with Crippen LogP contribution in [-0.4, -0.2) is 20.9 Å². The van der Waals surface area contributed by atoms with Gasteiger partial charge in [0.1, 0.15) is 0 Å². The highest BCUT2D eigenvalue weighted by Crippen LogP contribution is 2.26. The van der Waals surface area contributed by atoms with Crippen molar-refractivity contribution in [3.8, 4) is 0 Å². The first-order valence-electron chi connectivity index (χ1n) is 5.88. The third-order valence-electron chi connectivity index (χ3n) is 2.52. The van der Waals surface area contributed by atoms with Crippen LogP contribution in [0.15, 0.2) is 27.6 Å². The van der Waals surface area contributed by atoms with Gasteiger partial charge in [-0.3, -0.25) is 4.79 Å². The fourth-order valence-electron chi connectivity index (χ4n) is 1.51. The van der Waals surface area contributed by atoms with Gasteiger partial charge in [0.2, 0.25) is 0 Å². The van der Waals surface area contributed by atoms with Crippen LogP contribution in [0, 0.1) is 0 Å². The molecule has 0 atom stereocenters. The summed E-state index contributed by atoms with van der Waals surface area (Å²) in [7, 11) is 1.42. The number of hydrogen-bond acceptors (Lipinski definition) is 3. The van der Waals surface area contributed by atoms with Crippen LogP contribution >= 0.6 is 26.6 Å². The van der Waals surface area contributed by atoms with E-state index in [4.69, 9.17) is 10.7 Å². The second kappa shape index (κ2) is 7.26. The molecule has 0 heterocycles. The summed E-state index contributed by atoms with van der Waals surface area (Å²) in [6.07, 6.45) is 3.02. The maximum absolute atomic E-state index is 11.8. The molecule has 19 heavy (non-hydrogen) atoms. The van der Waals surface area contributed by atoms with Crippen molar-refractivity contribution < 1.29 is 13.2 Å². The van der Waals surface area contributed by atoms with Crippen molar-refractivity contribution in [1.29, 1.82) is 0 Å². The molecule has 0 spiro atoms. The van der Waals surface area contributed by atoms with Crippen molar-refractivity contribution >= 4 is 41.6 Å². The molecule has 0 radical (unpaired) electrons. The van der Waals surface area contributed by atoms with Crippen LogP contribution in [0.1, 0.15) is 36.5 Å². The molecule has 7 heteroatoms. The van der Waals surface area contributed by atoms with Gasteiger partial charge in [-0.25, -0.2) is 8.42 Å². The Morgan fingerprint density at radius 1 is 1.37 bits per heavy atom. The molecule has 0 aliphatic carbocycles. The quantitative estimate of drug-likeness (QED) is 0.619. The predicted molar refractivity (Wildman–Crippen MR) is 79.0 cm³/mol. The van der Waals surface area contributed by atoms with Crippen molar-refractivity contribution in [1.82, 2.24) is 5.32 Å². The van der Waals surface area contributed by atoms with Gasteiger partial charge in [-0.15, -0.1) is 0 Å². The summed E-state index contributed by atoms with van der Waals surface area (Å²) >= 11 is 3.09. The van der Waals surface area contributed by atoms with E-state index in [9.17, 15) is 13.2 Å². The average molecular weight is 369 g/mol. The third kappa shape index (κ3) is 5.12. The summed E-state index contributed by atoms with van der Waals surface area (Å²) in [4.78, 5) is 11.7. The van der Waals surface area contributed by atoms with Gasteiger partial charge >= 0.3 is 0 Å². The smallest absolute Gasteiger partial charge is 0.262 e. The van der Waals surface area contributed by atoms with Crippen LogP contribution < -0.4 is 5.32 Å². The largest absolute Gasteiger partial charge is 0.352 e. The average Bonchev–Trinajstić information content (AvgIpc) is 2.33. The van der Waals surface area contributed by atoms with E-state index in [1.165, 1.54) is 12.1 Å². The predicted octanol–water partition coefficient (Wildman–Crippen LogP) is 3.30. The minimum absolute atomic E-state index is 0.102. The molecule has 0 aliphatic heterocycles. The molecule has 106 valence electrons. The van der Waals surface area contributed by atoms with Crippen LogP contribution in [0.5, 0.6) is 0 Å². The number of halogens is 2. The first-order valence-corrected chi connectivity index (χ1v) is 8.99. The van der Waals surface area contributed by atoms with Gasteiger partial charge < -0.3 is 5.32 Å². The van der Waals surface area contributed by atoms with Crippen LogP contribution in [-0.2, 0) is 9.05 Å². The lowest BCUT2D eigenvalue weighted by atomic mass is 10.2. The topological polar surface area (TPSA) is 63.2 Å². The summed E-state index contributed by atoms with van der Waals surface area (Å²) < 4.78 is 23.0. The second-order valence-electron chi connectivity index (χ2n) is 4.05. The SMILES string of the molecule is CCCCCNC(=O)c1ccc(Br)c(S(=O)(=O)Cl)c1. The molecule has 0 unspecified atom stereocenters. The van der Waals surface area contributed by atoms with Gasteiger partial charge in [-0.2, -0.15) is 0 Å². The number of carbonyl (C=O) groups excluding carboxylic acids is 1. The zero-order chi connectivity index (χ0) is 14.5. The van der Waals surface area contributed by atoms with Gasteiger partial charge in [0.05, 0.1) is 4.90 Å². The Labute approximate surface area is 126 Å². The number of unbranched alkanes of at least 4 members (excludes halogenated alkanes) is 2. The van der Waals surface area contributed by atoms with Crippen molar-refractivity contribution in [3.63, 3.8) is 0 Å². The third-order valence-corrected chi connectivity index (χ3v) is 4.84. The molecule has 0 aliphatic rings. The molecule has 1 aromatic carbocycles. The highest BCUT2D eigenvalue weighted by molar-refractivity contribution is 9.10. The number of amides is 1. The number of nitrogens with one attached hydrogen (secondary N) is 1. The Balaban J connectivity index is 2.82. The molecule has 1 N–H and O–H groups in total. The van der Waals surface area contributed by atoms with E-state index in [0.29, 0.717) is 11.0 Å². The number of benzene rings is 1. The highest BCUT2D eigenvalue weighted by atomic mass is 79.9. The van der Waals surface area contributed by atoms with E-state index in [-0.39, 0.29) is 16.4 Å². The summed E-state index contributed by atoms with van der Waals surface area (Å²) in [5.74, 6) is -0.301. The van der Waals surface area contributed by atoms with Crippen molar-refractivity contribution in [2.45, 2.75) is 31.1 Å².